The molecule has 0 bridgehead atoms. The highest BCUT2D eigenvalue weighted by atomic mass is 127. The van der Waals surface area contributed by atoms with Gasteiger partial charge in [0.1, 0.15) is 9.50 Å². The van der Waals surface area contributed by atoms with E-state index in [0.717, 1.165) is 6.20 Å². The molecule has 1 aromatic heterocycles. The first kappa shape index (κ1) is 13.5. The molecule has 0 saturated heterocycles. The molecule has 3 nitrogen and oxygen atoms in total. The van der Waals surface area contributed by atoms with Gasteiger partial charge in [0.05, 0.1) is 9.13 Å². The summed E-state index contributed by atoms with van der Waals surface area (Å²) in [5, 5.41) is 0. The van der Waals surface area contributed by atoms with Gasteiger partial charge in [0.15, 0.2) is 0 Å². The highest BCUT2D eigenvalue weighted by Gasteiger charge is 2.26. The lowest BCUT2D eigenvalue weighted by Gasteiger charge is -2.08. The Morgan fingerprint density at radius 3 is 2.47 bits per heavy atom. The number of hydrogen-bond donors (Lipinski definition) is 0. The minimum absolute atomic E-state index is 0.0420. The standard InChI is InChI=1S/C6H2BrClF2INO2S/c7-5-3(11)4(15(8,13)14)2(1-12-5)6(9)10/h1,6H. The van der Waals surface area contributed by atoms with Crippen LogP contribution in [0.5, 0.6) is 0 Å². The van der Waals surface area contributed by atoms with Crippen LogP contribution in [-0.2, 0) is 9.05 Å². The lowest BCUT2D eigenvalue weighted by Crippen LogP contribution is -2.04. The smallest absolute Gasteiger partial charge is 0.248 e. The first-order chi connectivity index (χ1) is 6.75. The van der Waals surface area contributed by atoms with Crippen molar-refractivity contribution in [3.05, 3.63) is 19.9 Å². The van der Waals surface area contributed by atoms with E-state index >= 15 is 0 Å². The Labute approximate surface area is 111 Å². The quantitative estimate of drug-likeness (QED) is 0.409. The minimum Gasteiger partial charge on any atom is -0.248 e. The van der Waals surface area contributed by atoms with Gasteiger partial charge in [-0.15, -0.1) is 0 Å². The molecule has 0 radical (unpaired) electrons. The fraction of sp³-hybridized carbons (Fsp3) is 0.167. The summed E-state index contributed by atoms with van der Waals surface area (Å²) in [5.41, 5.74) is -0.697. The van der Waals surface area contributed by atoms with Crippen molar-refractivity contribution in [3.63, 3.8) is 0 Å². The normalized spacial score (nSPS) is 12.1. The van der Waals surface area contributed by atoms with Crippen LogP contribution in [0.15, 0.2) is 15.7 Å². The molecule has 9 heteroatoms. The van der Waals surface area contributed by atoms with Gasteiger partial charge >= 0.3 is 0 Å². The zero-order chi connectivity index (χ0) is 11.8. The van der Waals surface area contributed by atoms with Crippen LogP contribution in [0.25, 0.3) is 0 Å². The van der Waals surface area contributed by atoms with Crippen LogP contribution in [0.2, 0.25) is 0 Å². The molecule has 84 valence electrons. The molecule has 0 spiro atoms. The summed E-state index contributed by atoms with van der Waals surface area (Å²) < 4.78 is 47.4. The Bertz CT molecular complexity index is 496. The zero-order valence-electron chi connectivity index (χ0n) is 6.72. The molecule has 0 N–H and O–H groups in total. The lowest BCUT2D eigenvalue weighted by molar-refractivity contribution is 0.147. The summed E-state index contributed by atoms with van der Waals surface area (Å²) in [6.07, 6.45) is -2.16. The maximum atomic E-state index is 12.5. The van der Waals surface area contributed by atoms with Crippen LogP contribution in [-0.4, -0.2) is 13.4 Å². The molecule has 0 aromatic carbocycles. The van der Waals surface area contributed by atoms with Crippen molar-refractivity contribution in [3.8, 4) is 0 Å². The average Bonchev–Trinajstić information content (AvgIpc) is 2.06. The van der Waals surface area contributed by atoms with Crippen LogP contribution >= 0.6 is 49.2 Å². The second-order valence-corrected chi connectivity index (χ2v) is 6.72. The number of pyridine rings is 1. The highest BCUT2D eigenvalue weighted by Crippen LogP contribution is 2.34. The van der Waals surface area contributed by atoms with Crippen molar-refractivity contribution in [1.29, 1.82) is 0 Å². The van der Waals surface area contributed by atoms with E-state index in [0.29, 0.717) is 0 Å². The van der Waals surface area contributed by atoms with E-state index in [1.165, 1.54) is 0 Å². The molecule has 1 heterocycles. The molecule has 0 unspecified atom stereocenters. The first-order valence-corrected chi connectivity index (χ1v) is 7.50. The third kappa shape index (κ3) is 2.98. The molecule has 0 aliphatic heterocycles. The predicted molar refractivity (Wildman–Crippen MR) is 62.6 cm³/mol. The van der Waals surface area contributed by atoms with Crippen molar-refractivity contribution in [1.82, 2.24) is 4.98 Å². The van der Waals surface area contributed by atoms with E-state index in [1.54, 1.807) is 22.6 Å². The number of halogens is 5. The van der Waals surface area contributed by atoms with Crippen LogP contribution < -0.4 is 0 Å². The average molecular weight is 432 g/mol. The molecule has 0 atom stereocenters. The van der Waals surface area contributed by atoms with Crippen molar-refractivity contribution in [2.24, 2.45) is 0 Å². The van der Waals surface area contributed by atoms with Crippen LogP contribution in [0.3, 0.4) is 0 Å². The molecule has 0 aliphatic rings. The van der Waals surface area contributed by atoms with Gasteiger partial charge in [-0.05, 0) is 38.5 Å². The minimum atomic E-state index is -4.22. The maximum Gasteiger partial charge on any atom is 0.266 e. The van der Waals surface area contributed by atoms with Gasteiger partial charge in [-0.3, -0.25) is 0 Å². The summed E-state index contributed by atoms with van der Waals surface area (Å²) in [4.78, 5) is 2.98. The fourth-order valence-corrected chi connectivity index (χ4v) is 4.24. The first-order valence-electron chi connectivity index (χ1n) is 3.32. The SMILES string of the molecule is O=S(=O)(Cl)c1c(C(F)F)cnc(Br)c1I. The summed E-state index contributed by atoms with van der Waals surface area (Å²) >= 11 is 4.52. The molecule has 0 saturated carbocycles. The highest BCUT2D eigenvalue weighted by molar-refractivity contribution is 14.1. The number of hydrogen-bond acceptors (Lipinski definition) is 3. The van der Waals surface area contributed by atoms with Crippen molar-refractivity contribution in [2.45, 2.75) is 11.3 Å². The Kier molecular flexibility index (Phi) is 4.29. The molecule has 0 amide bonds. The topological polar surface area (TPSA) is 47.0 Å². The largest absolute Gasteiger partial charge is 0.266 e. The second kappa shape index (κ2) is 4.76. The summed E-state index contributed by atoms with van der Waals surface area (Å²) in [7, 11) is 0.854. The monoisotopic (exact) mass is 431 g/mol. The van der Waals surface area contributed by atoms with E-state index in [4.69, 9.17) is 10.7 Å². The molecule has 0 fully saturated rings. The van der Waals surface area contributed by atoms with E-state index < -0.39 is 25.9 Å². The van der Waals surface area contributed by atoms with Gasteiger partial charge in [0.2, 0.25) is 0 Å². The molecule has 1 aromatic rings. The van der Waals surface area contributed by atoms with E-state index in [-0.39, 0.29) is 8.17 Å². The van der Waals surface area contributed by atoms with Gasteiger partial charge in [-0.25, -0.2) is 22.2 Å². The van der Waals surface area contributed by atoms with Gasteiger partial charge in [0, 0.05) is 16.9 Å². The van der Waals surface area contributed by atoms with Gasteiger partial charge in [-0.2, -0.15) is 0 Å². The molecular formula is C6H2BrClF2INO2S. The molecule has 15 heavy (non-hydrogen) atoms. The third-order valence-corrected chi connectivity index (χ3v) is 5.59. The van der Waals surface area contributed by atoms with Crippen molar-refractivity contribution in [2.75, 3.05) is 0 Å². The summed E-state index contributed by atoms with van der Waals surface area (Å²) in [6, 6.07) is 0. The predicted octanol–water partition coefficient (Wildman–Crippen LogP) is 3.31. The van der Waals surface area contributed by atoms with E-state index in [9.17, 15) is 17.2 Å². The Morgan fingerprint density at radius 2 is 2.07 bits per heavy atom. The maximum absolute atomic E-state index is 12.5. The summed E-state index contributed by atoms with van der Waals surface area (Å²) in [6.45, 7) is 0. The van der Waals surface area contributed by atoms with Crippen LogP contribution in [0.4, 0.5) is 8.78 Å². The molecular weight excluding hydrogens is 430 g/mol. The Morgan fingerprint density at radius 1 is 1.53 bits per heavy atom. The third-order valence-electron chi connectivity index (χ3n) is 1.44. The van der Waals surface area contributed by atoms with E-state index in [2.05, 4.69) is 20.9 Å². The van der Waals surface area contributed by atoms with Gasteiger partial charge in [-0.1, -0.05) is 0 Å². The van der Waals surface area contributed by atoms with Gasteiger partial charge in [0.25, 0.3) is 15.5 Å². The van der Waals surface area contributed by atoms with Crippen molar-refractivity contribution < 1.29 is 17.2 Å². The number of rotatable bonds is 2. The second-order valence-electron chi connectivity index (χ2n) is 2.39. The van der Waals surface area contributed by atoms with Crippen LogP contribution in [0, 0.1) is 3.57 Å². The number of alkyl halides is 2. The van der Waals surface area contributed by atoms with Crippen molar-refractivity contribution >= 4 is 58.3 Å². The molecule has 1 rings (SSSR count). The Balaban J connectivity index is 3.65. The summed E-state index contributed by atoms with van der Waals surface area (Å²) in [5.74, 6) is 0. The lowest BCUT2D eigenvalue weighted by atomic mass is 10.3. The molecule has 0 aliphatic carbocycles. The van der Waals surface area contributed by atoms with Gasteiger partial charge < -0.3 is 0 Å². The zero-order valence-corrected chi connectivity index (χ0v) is 12.0. The fourth-order valence-electron chi connectivity index (χ4n) is 0.865. The van der Waals surface area contributed by atoms with Crippen LogP contribution in [0.1, 0.15) is 12.0 Å². The Hall–Kier alpha value is 0.460. The van der Waals surface area contributed by atoms with E-state index in [1.807, 2.05) is 0 Å². The number of nitrogens with zero attached hydrogens (tertiary/aromatic N) is 1. The number of aromatic nitrogens is 1.